The lowest BCUT2D eigenvalue weighted by Crippen LogP contribution is -2.57. The van der Waals surface area contributed by atoms with Gasteiger partial charge in [-0.25, -0.2) is 4.79 Å². The van der Waals surface area contributed by atoms with Crippen molar-refractivity contribution in [1.29, 1.82) is 0 Å². The number of carbonyl (C=O) groups is 1. The van der Waals surface area contributed by atoms with Crippen LogP contribution in [0.4, 0.5) is 0 Å². The molecule has 23 heavy (non-hydrogen) atoms. The minimum absolute atomic E-state index is 0.125. The molecule has 1 aliphatic heterocycles. The molecule has 0 bridgehead atoms. The van der Waals surface area contributed by atoms with Gasteiger partial charge in [0.05, 0.1) is 6.10 Å². The second kappa shape index (κ2) is 4.50. The van der Waals surface area contributed by atoms with Gasteiger partial charge < -0.3 is 9.84 Å². The van der Waals surface area contributed by atoms with Crippen molar-refractivity contribution in [2.45, 2.75) is 65.9 Å². The van der Waals surface area contributed by atoms with Crippen LogP contribution in [0.15, 0.2) is 22.8 Å². The number of ether oxygens (including phenoxy) is 1. The number of aliphatic hydroxyl groups is 1. The molecular formula is C20H28O3. The van der Waals surface area contributed by atoms with E-state index in [-0.39, 0.29) is 16.8 Å². The summed E-state index contributed by atoms with van der Waals surface area (Å²) in [7, 11) is 0. The molecule has 0 radical (unpaired) electrons. The van der Waals surface area contributed by atoms with Crippen LogP contribution in [0.2, 0.25) is 0 Å². The molecular weight excluding hydrogens is 288 g/mol. The van der Waals surface area contributed by atoms with Crippen molar-refractivity contribution >= 4 is 5.97 Å². The Balaban J connectivity index is 1.86. The Labute approximate surface area is 138 Å². The van der Waals surface area contributed by atoms with Crippen LogP contribution in [0.5, 0.6) is 0 Å². The largest absolute Gasteiger partial charge is 0.458 e. The lowest BCUT2D eigenvalue weighted by molar-refractivity contribution is -0.136. The van der Waals surface area contributed by atoms with Crippen LogP contribution >= 0.6 is 0 Å². The average Bonchev–Trinajstić information content (AvgIpc) is 2.84. The van der Waals surface area contributed by atoms with Crippen LogP contribution < -0.4 is 0 Å². The Bertz CT molecular complexity index is 641. The molecule has 4 atom stereocenters. The zero-order valence-electron chi connectivity index (χ0n) is 14.7. The molecule has 4 aliphatic rings. The summed E-state index contributed by atoms with van der Waals surface area (Å²) in [5, 5.41) is 11.1. The summed E-state index contributed by atoms with van der Waals surface area (Å²) in [6.07, 6.45) is 6.99. The fraction of sp³-hybridized carbons (Fsp3) is 0.750. The number of cyclic esters (lactones) is 1. The molecule has 0 aromatic heterocycles. The monoisotopic (exact) mass is 316 g/mol. The summed E-state index contributed by atoms with van der Waals surface area (Å²) in [4.78, 5) is 12.0. The van der Waals surface area contributed by atoms with Crippen molar-refractivity contribution in [3.8, 4) is 0 Å². The third-order valence-electron chi connectivity index (χ3n) is 7.63. The van der Waals surface area contributed by atoms with Crippen LogP contribution in [0.25, 0.3) is 0 Å². The summed E-state index contributed by atoms with van der Waals surface area (Å²) in [6.45, 7) is 9.63. The maximum atomic E-state index is 12.0. The molecule has 126 valence electrons. The Kier molecular flexibility index (Phi) is 3.02. The maximum absolute atomic E-state index is 12.0. The molecule has 2 fully saturated rings. The van der Waals surface area contributed by atoms with Gasteiger partial charge in [-0.3, -0.25) is 0 Å². The van der Waals surface area contributed by atoms with E-state index in [1.54, 1.807) is 0 Å². The number of allylic oxidation sites excluding steroid dienone is 1. The molecule has 0 aromatic carbocycles. The SMILES string of the molecule is CC1(C)CCC[C@]2(C)C3=CCC4=C(COC4=O)[C@]3(C)[C@H](O)CC12. The molecule has 1 N–H and O–H groups in total. The molecule has 3 aliphatic carbocycles. The molecule has 0 amide bonds. The second-order valence-corrected chi connectivity index (χ2v) is 9.12. The fourth-order valence-electron chi connectivity index (χ4n) is 6.37. The molecule has 0 saturated heterocycles. The van der Waals surface area contributed by atoms with E-state index in [2.05, 4.69) is 33.8 Å². The van der Waals surface area contributed by atoms with E-state index in [0.29, 0.717) is 18.9 Å². The molecule has 2 saturated carbocycles. The predicted octanol–water partition coefficient (Wildman–Crippen LogP) is 3.77. The van der Waals surface area contributed by atoms with Crippen LogP contribution in [0.3, 0.4) is 0 Å². The summed E-state index contributed by atoms with van der Waals surface area (Å²) in [5.41, 5.74) is 3.19. The Morgan fingerprint density at radius 2 is 1.96 bits per heavy atom. The molecule has 0 spiro atoms. The highest BCUT2D eigenvalue weighted by atomic mass is 16.5. The van der Waals surface area contributed by atoms with Gasteiger partial charge in [-0.05, 0) is 54.9 Å². The van der Waals surface area contributed by atoms with Crippen molar-refractivity contribution in [2.24, 2.45) is 22.2 Å². The first-order valence-electron chi connectivity index (χ1n) is 9.00. The van der Waals surface area contributed by atoms with Gasteiger partial charge in [0.1, 0.15) is 6.61 Å². The smallest absolute Gasteiger partial charge is 0.334 e. The maximum Gasteiger partial charge on any atom is 0.334 e. The van der Waals surface area contributed by atoms with Crippen LogP contribution in [-0.2, 0) is 9.53 Å². The summed E-state index contributed by atoms with van der Waals surface area (Å²) < 4.78 is 5.31. The summed E-state index contributed by atoms with van der Waals surface area (Å²) in [6, 6.07) is 0. The first kappa shape index (κ1) is 15.4. The van der Waals surface area contributed by atoms with E-state index < -0.39 is 11.5 Å². The van der Waals surface area contributed by atoms with Crippen LogP contribution in [0.1, 0.15) is 59.8 Å². The summed E-state index contributed by atoms with van der Waals surface area (Å²) >= 11 is 0. The third-order valence-corrected chi connectivity index (χ3v) is 7.63. The molecule has 3 heteroatoms. The minimum atomic E-state index is -0.427. The zero-order valence-corrected chi connectivity index (χ0v) is 14.7. The molecule has 1 unspecified atom stereocenters. The number of aliphatic hydroxyl groups excluding tert-OH is 1. The molecule has 0 aromatic rings. The summed E-state index contributed by atoms with van der Waals surface area (Å²) in [5.74, 6) is 0.318. The van der Waals surface area contributed by atoms with Crippen molar-refractivity contribution in [3.05, 3.63) is 22.8 Å². The number of esters is 1. The van der Waals surface area contributed by atoms with Gasteiger partial charge in [0, 0.05) is 11.0 Å². The Morgan fingerprint density at radius 1 is 1.22 bits per heavy atom. The van der Waals surface area contributed by atoms with Gasteiger partial charge >= 0.3 is 5.97 Å². The number of rotatable bonds is 0. The molecule has 1 heterocycles. The second-order valence-electron chi connectivity index (χ2n) is 9.12. The van der Waals surface area contributed by atoms with Gasteiger partial charge in [-0.2, -0.15) is 0 Å². The van der Waals surface area contributed by atoms with Gasteiger partial charge in [0.25, 0.3) is 0 Å². The highest BCUT2D eigenvalue weighted by Crippen LogP contribution is 2.67. The van der Waals surface area contributed by atoms with E-state index in [9.17, 15) is 9.90 Å². The third kappa shape index (κ3) is 1.77. The number of fused-ring (bicyclic) bond motifs is 4. The zero-order chi connectivity index (χ0) is 16.6. The highest BCUT2D eigenvalue weighted by molar-refractivity contribution is 5.93. The Morgan fingerprint density at radius 3 is 2.70 bits per heavy atom. The van der Waals surface area contributed by atoms with E-state index in [0.717, 1.165) is 17.6 Å². The predicted molar refractivity (Wildman–Crippen MR) is 88.6 cm³/mol. The van der Waals surface area contributed by atoms with Crippen molar-refractivity contribution in [1.82, 2.24) is 0 Å². The topological polar surface area (TPSA) is 46.5 Å². The average molecular weight is 316 g/mol. The standard InChI is InChI=1S/C20H28O3/c1-18(2)8-5-9-19(3)14-7-6-12-13(11-23-17(12)22)20(14,4)16(21)10-15(18)19/h7,15-16,21H,5-6,8-11H2,1-4H3/t15?,16-,19-,20+/m1/s1. The first-order valence-corrected chi connectivity index (χ1v) is 9.00. The van der Waals surface area contributed by atoms with Crippen LogP contribution in [-0.4, -0.2) is 23.8 Å². The van der Waals surface area contributed by atoms with Crippen molar-refractivity contribution in [3.63, 3.8) is 0 Å². The van der Waals surface area contributed by atoms with E-state index >= 15 is 0 Å². The molecule has 4 rings (SSSR count). The van der Waals surface area contributed by atoms with Crippen molar-refractivity contribution < 1.29 is 14.6 Å². The Hall–Kier alpha value is -1.09. The van der Waals surface area contributed by atoms with E-state index in [4.69, 9.17) is 4.74 Å². The normalized spacial score (nSPS) is 44.9. The van der Waals surface area contributed by atoms with Crippen molar-refractivity contribution in [2.75, 3.05) is 6.61 Å². The van der Waals surface area contributed by atoms with E-state index in [1.807, 2.05) is 0 Å². The quantitative estimate of drug-likeness (QED) is 0.546. The van der Waals surface area contributed by atoms with Gasteiger partial charge in [-0.1, -0.05) is 38.8 Å². The number of hydrogen-bond acceptors (Lipinski definition) is 3. The van der Waals surface area contributed by atoms with Gasteiger partial charge in [0.2, 0.25) is 0 Å². The minimum Gasteiger partial charge on any atom is -0.458 e. The lowest BCUT2D eigenvalue weighted by Gasteiger charge is -2.62. The van der Waals surface area contributed by atoms with E-state index in [1.165, 1.54) is 24.8 Å². The highest BCUT2D eigenvalue weighted by Gasteiger charge is 2.61. The first-order chi connectivity index (χ1) is 10.7. The number of carbonyl (C=O) groups excluding carboxylic acids is 1. The van der Waals surface area contributed by atoms with Crippen LogP contribution in [0, 0.1) is 22.2 Å². The van der Waals surface area contributed by atoms with Gasteiger partial charge in [-0.15, -0.1) is 0 Å². The fourth-order valence-corrected chi connectivity index (χ4v) is 6.37. The van der Waals surface area contributed by atoms with Gasteiger partial charge in [0.15, 0.2) is 0 Å². The number of hydrogen-bond donors (Lipinski definition) is 1. The lowest BCUT2D eigenvalue weighted by atomic mass is 9.43. The molecule has 3 nitrogen and oxygen atoms in total.